The quantitative estimate of drug-likeness (QED) is 0.251. The van der Waals surface area contributed by atoms with Crippen LogP contribution >= 0.6 is 31.9 Å². The lowest BCUT2D eigenvalue weighted by Crippen LogP contribution is -2.48. The van der Waals surface area contributed by atoms with Gasteiger partial charge in [-0.3, -0.25) is 14.5 Å². The maximum absolute atomic E-state index is 13.3. The van der Waals surface area contributed by atoms with Crippen LogP contribution in [0.2, 0.25) is 0 Å². The molecule has 1 heterocycles. The third-order valence-electron chi connectivity index (χ3n) is 6.60. The minimum absolute atomic E-state index is 0.128. The minimum Gasteiger partial charge on any atom is -0.425 e. The van der Waals surface area contributed by atoms with Crippen LogP contribution in [0.4, 0.5) is 0 Å². The van der Waals surface area contributed by atoms with Gasteiger partial charge in [-0.15, -0.1) is 0 Å². The van der Waals surface area contributed by atoms with E-state index in [0.717, 1.165) is 12.0 Å². The van der Waals surface area contributed by atoms with E-state index in [0.29, 0.717) is 12.2 Å². The zero-order chi connectivity index (χ0) is 21.0. The third-order valence-corrected chi connectivity index (χ3v) is 9.81. The molecule has 1 saturated heterocycles. The summed E-state index contributed by atoms with van der Waals surface area (Å²) in [7, 11) is 0. The normalized spacial score (nSPS) is 34.1. The maximum Gasteiger partial charge on any atom is 0.334 e. The number of benzene rings is 1. The highest BCUT2D eigenvalue weighted by molar-refractivity contribution is 9.12. The van der Waals surface area contributed by atoms with Gasteiger partial charge in [-0.2, -0.15) is 0 Å². The molecule has 0 unspecified atom stereocenters. The fourth-order valence-corrected chi connectivity index (χ4v) is 7.15. The monoisotopic (exact) mass is 525 g/mol. The summed E-state index contributed by atoms with van der Waals surface area (Å²) in [5.74, 6) is -0.744. The lowest BCUT2D eigenvalue weighted by atomic mass is 9.81. The van der Waals surface area contributed by atoms with Crippen molar-refractivity contribution in [3.05, 3.63) is 29.8 Å². The molecule has 1 aliphatic heterocycles. The number of hydrogen-bond donors (Lipinski definition) is 0. The lowest BCUT2D eigenvalue weighted by Gasteiger charge is -2.28. The molecule has 29 heavy (non-hydrogen) atoms. The van der Waals surface area contributed by atoms with Crippen LogP contribution in [-0.4, -0.2) is 38.4 Å². The molecule has 3 aliphatic rings. The van der Waals surface area contributed by atoms with E-state index in [1.165, 1.54) is 4.90 Å². The van der Waals surface area contributed by atoms with E-state index >= 15 is 0 Å². The second-order valence-corrected chi connectivity index (χ2v) is 11.0. The molecule has 0 spiro atoms. The number of aryl methyl sites for hydroxylation is 1. The smallest absolute Gasteiger partial charge is 0.334 e. The molecule has 0 N–H and O–H groups in total. The maximum atomic E-state index is 13.3. The Morgan fingerprint density at radius 1 is 1.10 bits per heavy atom. The second kappa shape index (κ2) is 7.80. The average Bonchev–Trinajstić information content (AvgIpc) is 3.27. The number of fused-ring (bicyclic) bond motifs is 5. The molecule has 1 aromatic rings. The lowest BCUT2D eigenvalue weighted by molar-refractivity contribution is -0.154. The number of imide groups is 1. The van der Waals surface area contributed by atoms with Gasteiger partial charge >= 0.3 is 5.97 Å². The summed E-state index contributed by atoms with van der Waals surface area (Å²) in [4.78, 5) is 41.4. The first-order valence-corrected chi connectivity index (χ1v) is 12.0. The van der Waals surface area contributed by atoms with Crippen LogP contribution in [0, 0.1) is 36.5 Å². The topological polar surface area (TPSA) is 63.7 Å². The van der Waals surface area contributed by atoms with E-state index in [1.807, 2.05) is 32.9 Å². The van der Waals surface area contributed by atoms with E-state index in [2.05, 4.69) is 31.9 Å². The number of nitrogens with zero attached hydrogens (tertiary/aromatic N) is 1. The van der Waals surface area contributed by atoms with Crippen molar-refractivity contribution in [1.29, 1.82) is 0 Å². The van der Waals surface area contributed by atoms with Crippen molar-refractivity contribution in [3.63, 3.8) is 0 Å². The molecule has 7 atom stereocenters. The molecule has 3 fully saturated rings. The molecule has 2 amide bonds. The Bertz CT molecular complexity index is 825. The average molecular weight is 527 g/mol. The van der Waals surface area contributed by atoms with Crippen molar-refractivity contribution in [3.8, 4) is 5.75 Å². The van der Waals surface area contributed by atoms with E-state index < -0.39 is 12.0 Å². The van der Waals surface area contributed by atoms with Gasteiger partial charge in [-0.25, -0.2) is 4.79 Å². The fourth-order valence-electron chi connectivity index (χ4n) is 5.28. The minimum atomic E-state index is -0.887. The molecule has 1 aromatic carbocycles. The third kappa shape index (κ3) is 3.38. The van der Waals surface area contributed by atoms with Crippen molar-refractivity contribution in [2.24, 2.45) is 29.6 Å². The first kappa shape index (κ1) is 21.0. The first-order chi connectivity index (χ1) is 13.7. The summed E-state index contributed by atoms with van der Waals surface area (Å²) in [6.45, 7) is 5.82. The molecule has 7 heteroatoms. The Balaban J connectivity index is 1.62. The fraction of sp³-hybridized carbons (Fsp3) is 0.591. The Morgan fingerprint density at radius 2 is 1.66 bits per heavy atom. The predicted octanol–water partition coefficient (Wildman–Crippen LogP) is 4.09. The zero-order valence-electron chi connectivity index (χ0n) is 16.7. The predicted molar refractivity (Wildman–Crippen MR) is 116 cm³/mol. The van der Waals surface area contributed by atoms with Crippen LogP contribution < -0.4 is 4.74 Å². The highest BCUT2D eigenvalue weighted by atomic mass is 79.9. The number of carbonyl (C=O) groups is 3. The number of para-hydroxylation sites is 1. The number of amides is 2. The Morgan fingerprint density at radius 3 is 2.17 bits per heavy atom. The molecule has 4 rings (SSSR count). The summed E-state index contributed by atoms with van der Waals surface area (Å²) in [6, 6.07) is 6.37. The summed E-state index contributed by atoms with van der Waals surface area (Å²) < 4.78 is 5.65. The van der Waals surface area contributed by atoms with Gasteiger partial charge in [0.1, 0.15) is 11.8 Å². The zero-order valence-corrected chi connectivity index (χ0v) is 19.9. The number of ether oxygens (including phenoxy) is 1. The van der Waals surface area contributed by atoms with Crippen LogP contribution in [-0.2, 0) is 14.4 Å². The number of rotatable bonds is 5. The molecular formula is C22H25Br2NO4. The van der Waals surface area contributed by atoms with Gasteiger partial charge in [0, 0.05) is 9.65 Å². The molecular weight excluding hydrogens is 502 g/mol. The van der Waals surface area contributed by atoms with Gasteiger partial charge in [0.25, 0.3) is 0 Å². The summed E-state index contributed by atoms with van der Waals surface area (Å²) in [5.41, 5.74) is 0.836. The van der Waals surface area contributed by atoms with E-state index in [1.54, 1.807) is 12.1 Å². The van der Waals surface area contributed by atoms with Crippen molar-refractivity contribution in [1.82, 2.24) is 4.90 Å². The van der Waals surface area contributed by atoms with Gasteiger partial charge in [0.05, 0.1) is 11.8 Å². The van der Waals surface area contributed by atoms with Crippen molar-refractivity contribution in [2.45, 2.75) is 49.3 Å². The van der Waals surface area contributed by atoms with Gasteiger partial charge in [-0.05, 0) is 49.1 Å². The molecule has 0 aromatic heterocycles. The van der Waals surface area contributed by atoms with Crippen LogP contribution in [0.3, 0.4) is 0 Å². The number of likely N-dealkylation sites (tertiary alicyclic amines) is 1. The highest BCUT2D eigenvalue weighted by Gasteiger charge is 2.67. The number of hydrogen-bond acceptors (Lipinski definition) is 4. The standard InChI is InChI=1S/C22H25Br2NO4/c1-10(2)8-14(22(28)29-15-7-5-4-6-11(15)3)25-20(26)16-12-9-13(17(16)21(25)27)19(24)18(12)23/h4-7,10,12-14,16-19H,8-9H2,1-3H3/t12-,13-,14+,16-,17-,18-,19+/m1/s1. The second-order valence-electron chi connectivity index (χ2n) is 8.88. The number of carbonyl (C=O) groups excluding carboxylic acids is 3. The molecule has 5 nitrogen and oxygen atoms in total. The molecule has 0 radical (unpaired) electrons. The van der Waals surface area contributed by atoms with Gasteiger partial charge < -0.3 is 4.74 Å². The van der Waals surface area contributed by atoms with E-state index in [-0.39, 0.29) is 51.1 Å². The molecule has 2 saturated carbocycles. The largest absolute Gasteiger partial charge is 0.425 e. The Hall–Kier alpha value is -1.21. The number of esters is 1. The summed E-state index contributed by atoms with van der Waals surface area (Å²) >= 11 is 7.41. The number of halogens is 2. The van der Waals surface area contributed by atoms with Gasteiger partial charge in [0.15, 0.2) is 0 Å². The summed E-state index contributed by atoms with van der Waals surface area (Å²) in [5, 5.41) is 0. The highest BCUT2D eigenvalue weighted by Crippen LogP contribution is 2.60. The Labute approximate surface area is 187 Å². The van der Waals surface area contributed by atoms with Crippen LogP contribution in [0.15, 0.2) is 24.3 Å². The first-order valence-electron chi connectivity index (χ1n) is 10.1. The molecule has 2 bridgehead atoms. The molecule has 156 valence electrons. The summed E-state index contributed by atoms with van der Waals surface area (Å²) in [6.07, 6.45) is 1.27. The Kier molecular flexibility index (Phi) is 5.66. The SMILES string of the molecule is Cc1ccccc1OC(=O)[C@H](CC(C)C)N1C(=O)[C@@H]2[C@H]3C[C@@H]([C@@H](Br)[C@H]3Br)[C@H]2C1=O. The van der Waals surface area contributed by atoms with Crippen LogP contribution in [0.25, 0.3) is 0 Å². The molecule has 2 aliphatic carbocycles. The number of alkyl halides is 2. The van der Waals surface area contributed by atoms with Crippen LogP contribution in [0.1, 0.15) is 32.3 Å². The van der Waals surface area contributed by atoms with E-state index in [4.69, 9.17) is 4.74 Å². The van der Waals surface area contributed by atoms with E-state index in [9.17, 15) is 14.4 Å². The van der Waals surface area contributed by atoms with Crippen molar-refractivity contribution < 1.29 is 19.1 Å². The van der Waals surface area contributed by atoms with Gasteiger partial charge in [-0.1, -0.05) is 63.9 Å². The van der Waals surface area contributed by atoms with Crippen LogP contribution in [0.5, 0.6) is 5.75 Å². The van der Waals surface area contributed by atoms with Gasteiger partial charge in [0.2, 0.25) is 11.8 Å². The van der Waals surface area contributed by atoms with Crippen molar-refractivity contribution in [2.75, 3.05) is 0 Å². The van der Waals surface area contributed by atoms with Crippen molar-refractivity contribution >= 4 is 49.6 Å².